The van der Waals surface area contributed by atoms with Crippen LogP contribution in [0.25, 0.3) is 0 Å². The van der Waals surface area contributed by atoms with Crippen LogP contribution < -0.4 is 5.73 Å². The average Bonchev–Trinajstić information content (AvgIpc) is 3.01. The smallest absolute Gasteiger partial charge is 0.0611 e. The summed E-state index contributed by atoms with van der Waals surface area (Å²) < 4.78 is 0. The second-order valence-corrected chi connectivity index (χ2v) is 8.45. The van der Waals surface area contributed by atoms with E-state index in [1.807, 2.05) is 0 Å². The Hall–Kier alpha value is -0.860. The third-order valence-corrected chi connectivity index (χ3v) is 6.46. The maximum Gasteiger partial charge on any atom is 0.0611 e. The molecule has 2 aliphatic rings. The average molecular weight is 330 g/mol. The fraction of sp³-hybridized carbons (Fsp3) is 0.727. The number of aliphatic hydroxyl groups is 1. The van der Waals surface area contributed by atoms with Crippen molar-refractivity contribution in [3.05, 3.63) is 34.9 Å². The van der Waals surface area contributed by atoms with Gasteiger partial charge in [0.05, 0.1) is 6.61 Å². The molecule has 3 rings (SSSR count). The Morgan fingerprint density at radius 3 is 2.79 bits per heavy atom. The Morgan fingerprint density at radius 1 is 1.17 bits per heavy atom. The fourth-order valence-corrected chi connectivity index (χ4v) is 4.80. The molecule has 0 saturated heterocycles. The van der Waals surface area contributed by atoms with Crippen LogP contribution in [0.15, 0.2) is 18.2 Å². The Bertz CT molecular complexity index is 541. The SMILES string of the molecule is CCCCCC[C@@H]1CCc2cc(C3CC[C@](N)(CO)C3)ccc2C1. The number of aliphatic hydroxyl groups excluding tert-OH is 1. The topological polar surface area (TPSA) is 46.2 Å². The molecule has 0 heterocycles. The molecular weight excluding hydrogens is 294 g/mol. The third kappa shape index (κ3) is 4.21. The number of hydrogen-bond acceptors (Lipinski definition) is 2. The van der Waals surface area contributed by atoms with Gasteiger partial charge in [0.15, 0.2) is 0 Å². The summed E-state index contributed by atoms with van der Waals surface area (Å²) in [6, 6.07) is 7.18. The van der Waals surface area contributed by atoms with Gasteiger partial charge in [-0.1, -0.05) is 57.2 Å². The second-order valence-electron chi connectivity index (χ2n) is 8.45. The lowest BCUT2D eigenvalue weighted by Gasteiger charge is -2.26. The van der Waals surface area contributed by atoms with Crippen molar-refractivity contribution in [1.82, 2.24) is 0 Å². The van der Waals surface area contributed by atoms with Gasteiger partial charge in [0.1, 0.15) is 0 Å². The Balaban J connectivity index is 1.58. The number of unbranched alkanes of at least 4 members (excludes halogenated alkanes) is 3. The van der Waals surface area contributed by atoms with E-state index in [4.69, 9.17) is 5.73 Å². The van der Waals surface area contributed by atoms with Crippen LogP contribution in [0.5, 0.6) is 0 Å². The van der Waals surface area contributed by atoms with E-state index in [1.165, 1.54) is 56.9 Å². The van der Waals surface area contributed by atoms with Crippen LogP contribution in [-0.4, -0.2) is 17.3 Å². The minimum Gasteiger partial charge on any atom is -0.394 e. The summed E-state index contributed by atoms with van der Waals surface area (Å²) in [6.07, 6.45) is 13.9. The highest BCUT2D eigenvalue weighted by Crippen LogP contribution is 2.40. The first-order chi connectivity index (χ1) is 11.6. The molecule has 1 aromatic carbocycles. The quantitative estimate of drug-likeness (QED) is 0.711. The van der Waals surface area contributed by atoms with E-state index in [1.54, 1.807) is 11.1 Å². The second kappa shape index (κ2) is 8.01. The van der Waals surface area contributed by atoms with Crippen molar-refractivity contribution in [2.45, 2.75) is 89.0 Å². The molecule has 0 spiro atoms. The van der Waals surface area contributed by atoms with Crippen molar-refractivity contribution in [3.8, 4) is 0 Å². The molecule has 24 heavy (non-hydrogen) atoms. The molecule has 134 valence electrons. The highest BCUT2D eigenvalue weighted by atomic mass is 16.3. The monoisotopic (exact) mass is 329 g/mol. The molecule has 3 N–H and O–H groups in total. The van der Waals surface area contributed by atoms with Crippen LogP contribution in [0.1, 0.15) is 87.3 Å². The lowest BCUT2D eigenvalue weighted by Crippen LogP contribution is -2.40. The van der Waals surface area contributed by atoms with Crippen molar-refractivity contribution >= 4 is 0 Å². The van der Waals surface area contributed by atoms with E-state index in [0.717, 1.165) is 25.2 Å². The van der Waals surface area contributed by atoms with E-state index < -0.39 is 0 Å². The molecule has 1 saturated carbocycles. The molecular formula is C22H35NO. The molecule has 2 aliphatic carbocycles. The van der Waals surface area contributed by atoms with Gasteiger partial charge in [0, 0.05) is 5.54 Å². The molecule has 2 nitrogen and oxygen atoms in total. The third-order valence-electron chi connectivity index (χ3n) is 6.46. The Labute approximate surface area is 147 Å². The van der Waals surface area contributed by atoms with Gasteiger partial charge in [-0.3, -0.25) is 0 Å². The molecule has 0 amide bonds. The summed E-state index contributed by atoms with van der Waals surface area (Å²) in [7, 11) is 0. The van der Waals surface area contributed by atoms with Crippen LogP contribution in [-0.2, 0) is 12.8 Å². The molecule has 3 atom stereocenters. The number of benzene rings is 1. The first-order valence-electron chi connectivity index (χ1n) is 10.1. The largest absolute Gasteiger partial charge is 0.394 e. The fourth-order valence-electron chi connectivity index (χ4n) is 4.80. The molecule has 1 fully saturated rings. The maximum atomic E-state index is 9.49. The van der Waals surface area contributed by atoms with E-state index >= 15 is 0 Å². The van der Waals surface area contributed by atoms with Gasteiger partial charge in [-0.15, -0.1) is 0 Å². The van der Waals surface area contributed by atoms with Crippen LogP contribution in [0.2, 0.25) is 0 Å². The van der Waals surface area contributed by atoms with E-state index in [9.17, 15) is 5.11 Å². The number of fused-ring (bicyclic) bond motifs is 1. The van der Waals surface area contributed by atoms with Gasteiger partial charge in [-0.25, -0.2) is 0 Å². The zero-order valence-electron chi connectivity index (χ0n) is 15.4. The van der Waals surface area contributed by atoms with Crippen molar-refractivity contribution in [1.29, 1.82) is 0 Å². The van der Waals surface area contributed by atoms with E-state index in [0.29, 0.717) is 5.92 Å². The summed E-state index contributed by atoms with van der Waals surface area (Å²) >= 11 is 0. The molecule has 1 aromatic rings. The molecule has 0 radical (unpaired) electrons. The summed E-state index contributed by atoms with van der Waals surface area (Å²) in [5, 5.41) is 9.49. The molecule has 2 heteroatoms. The van der Waals surface area contributed by atoms with Crippen molar-refractivity contribution < 1.29 is 5.11 Å². The van der Waals surface area contributed by atoms with Crippen LogP contribution in [0.3, 0.4) is 0 Å². The summed E-state index contributed by atoms with van der Waals surface area (Å²) in [4.78, 5) is 0. The van der Waals surface area contributed by atoms with Crippen molar-refractivity contribution in [2.24, 2.45) is 11.7 Å². The zero-order chi connectivity index (χ0) is 17.0. The predicted molar refractivity (Wildman–Crippen MR) is 101 cm³/mol. The van der Waals surface area contributed by atoms with E-state index in [2.05, 4.69) is 25.1 Å². The lowest BCUT2D eigenvalue weighted by atomic mass is 9.79. The highest BCUT2D eigenvalue weighted by molar-refractivity contribution is 5.36. The maximum absolute atomic E-state index is 9.49. The van der Waals surface area contributed by atoms with Gasteiger partial charge in [-0.2, -0.15) is 0 Å². The standard InChI is InChI=1S/C22H35NO/c1-2-3-4-5-6-17-7-8-19-14-20(10-9-18(19)13-17)21-11-12-22(23,15-21)16-24/h9-10,14,17,21,24H,2-8,11-13,15-16,23H2,1H3/t17-,21?,22-/m1/s1. The van der Waals surface area contributed by atoms with Gasteiger partial charge in [0.25, 0.3) is 0 Å². The minimum absolute atomic E-state index is 0.119. The number of rotatable bonds is 7. The van der Waals surface area contributed by atoms with Crippen LogP contribution >= 0.6 is 0 Å². The first-order valence-corrected chi connectivity index (χ1v) is 10.1. The minimum atomic E-state index is -0.343. The summed E-state index contributed by atoms with van der Waals surface area (Å²) in [5.74, 6) is 1.44. The Kier molecular flexibility index (Phi) is 5.99. The molecule has 1 unspecified atom stereocenters. The van der Waals surface area contributed by atoms with Crippen LogP contribution in [0.4, 0.5) is 0 Å². The highest BCUT2D eigenvalue weighted by Gasteiger charge is 2.36. The number of nitrogens with two attached hydrogens (primary N) is 1. The predicted octanol–water partition coefficient (Wildman–Crippen LogP) is 4.72. The molecule has 0 bridgehead atoms. The van der Waals surface area contributed by atoms with Gasteiger partial charge in [-0.05, 0) is 67.1 Å². The lowest BCUT2D eigenvalue weighted by molar-refractivity contribution is 0.198. The van der Waals surface area contributed by atoms with E-state index in [-0.39, 0.29) is 12.1 Å². The van der Waals surface area contributed by atoms with Gasteiger partial charge < -0.3 is 10.8 Å². The zero-order valence-corrected chi connectivity index (χ0v) is 15.4. The summed E-state index contributed by atoms with van der Waals surface area (Å²) in [6.45, 7) is 2.40. The van der Waals surface area contributed by atoms with Crippen molar-refractivity contribution in [2.75, 3.05) is 6.61 Å². The summed E-state index contributed by atoms with van der Waals surface area (Å²) in [5.41, 5.74) is 10.5. The Morgan fingerprint density at radius 2 is 2.04 bits per heavy atom. The molecule has 0 aromatic heterocycles. The van der Waals surface area contributed by atoms with Gasteiger partial charge >= 0.3 is 0 Å². The number of aryl methyl sites for hydroxylation is 1. The number of hydrogen-bond donors (Lipinski definition) is 2. The van der Waals surface area contributed by atoms with Crippen molar-refractivity contribution in [3.63, 3.8) is 0 Å². The first kappa shape index (κ1) is 17.9. The van der Waals surface area contributed by atoms with Gasteiger partial charge in [0.2, 0.25) is 0 Å². The van der Waals surface area contributed by atoms with Crippen LogP contribution in [0, 0.1) is 5.92 Å². The molecule has 0 aliphatic heterocycles. The normalized spacial score (nSPS) is 29.6.